The number of ether oxygens (including phenoxy) is 2. The van der Waals surface area contributed by atoms with Crippen molar-refractivity contribution in [1.29, 1.82) is 0 Å². The highest BCUT2D eigenvalue weighted by Gasteiger charge is 2.11. The van der Waals surface area contributed by atoms with Crippen molar-refractivity contribution in [2.24, 2.45) is 0 Å². The summed E-state index contributed by atoms with van der Waals surface area (Å²) in [5, 5.41) is 8.55. The fraction of sp³-hybridized carbons (Fsp3) is 0.286. The average Bonchev–Trinajstić information content (AvgIpc) is 3.34. The number of carbonyl (C=O) groups is 2. The van der Waals surface area contributed by atoms with Crippen molar-refractivity contribution in [3.63, 3.8) is 0 Å². The van der Waals surface area contributed by atoms with Crippen LogP contribution in [0.2, 0.25) is 0 Å². The number of rotatable bonds is 9. The third-order valence-electron chi connectivity index (χ3n) is 4.24. The highest BCUT2D eigenvalue weighted by atomic mass is 32.1. The minimum atomic E-state index is -0.458. The molecule has 29 heavy (non-hydrogen) atoms. The molecule has 0 fully saturated rings. The number of hydrogen-bond acceptors (Lipinski definition) is 7. The Kier molecular flexibility index (Phi) is 7.02. The number of amides is 1. The number of hydrogen-bond donors (Lipinski definition) is 1. The normalized spacial score (nSPS) is 10.6. The molecule has 0 radical (unpaired) electrons. The molecule has 152 valence electrons. The molecule has 3 rings (SSSR count). The lowest BCUT2D eigenvalue weighted by atomic mass is 10.1. The molecule has 0 aliphatic carbocycles. The molecule has 8 heteroatoms. The SMILES string of the molecule is Cc1noc(C)c1COc1ccc(CC(=O)OCC(=O)NCc2cccs2)cc1. The van der Waals surface area contributed by atoms with Crippen molar-refractivity contribution in [3.8, 4) is 5.75 Å². The van der Waals surface area contributed by atoms with Crippen LogP contribution in [0.5, 0.6) is 5.75 Å². The molecule has 1 aromatic carbocycles. The maximum atomic E-state index is 11.9. The lowest BCUT2D eigenvalue weighted by Gasteiger charge is -2.08. The van der Waals surface area contributed by atoms with Gasteiger partial charge < -0.3 is 19.3 Å². The molecular formula is C21H22N2O5S. The van der Waals surface area contributed by atoms with E-state index in [-0.39, 0.29) is 18.9 Å². The summed E-state index contributed by atoms with van der Waals surface area (Å²) in [5.41, 5.74) is 2.51. The Morgan fingerprint density at radius 2 is 1.97 bits per heavy atom. The number of nitrogens with one attached hydrogen (secondary N) is 1. The van der Waals surface area contributed by atoms with E-state index >= 15 is 0 Å². The van der Waals surface area contributed by atoms with Crippen LogP contribution in [0.25, 0.3) is 0 Å². The molecular weight excluding hydrogens is 392 g/mol. The predicted molar refractivity (Wildman–Crippen MR) is 108 cm³/mol. The molecule has 0 aliphatic rings. The summed E-state index contributed by atoms with van der Waals surface area (Å²) in [6.07, 6.45) is 0.0857. The maximum absolute atomic E-state index is 11.9. The van der Waals surface area contributed by atoms with Crippen molar-refractivity contribution in [3.05, 3.63) is 69.2 Å². The van der Waals surface area contributed by atoms with E-state index in [0.29, 0.717) is 18.9 Å². The second-order valence-electron chi connectivity index (χ2n) is 6.43. The Bertz CT molecular complexity index is 929. The molecule has 0 atom stereocenters. The summed E-state index contributed by atoms with van der Waals surface area (Å²) < 4.78 is 15.9. The quantitative estimate of drug-likeness (QED) is 0.540. The Morgan fingerprint density at radius 1 is 1.17 bits per heavy atom. The molecule has 0 unspecified atom stereocenters. The van der Waals surface area contributed by atoms with Gasteiger partial charge in [-0.15, -0.1) is 11.3 Å². The third kappa shape index (κ3) is 6.18. The van der Waals surface area contributed by atoms with Crippen molar-refractivity contribution < 1.29 is 23.6 Å². The van der Waals surface area contributed by atoms with Gasteiger partial charge in [-0.1, -0.05) is 23.4 Å². The molecule has 0 saturated carbocycles. The van der Waals surface area contributed by atoms with Crippen molar-refractivity contribution in [2.75, 3.05) is 6.61 Å². The van der Waals surface area contributed by atoms with E-state index in [1.54, 1.807) is 35.6 Å². The molecule has 2 heterocycles. The van der Waals surface area contributed by atoms with E-state index in [4.69, 9.17) is 14.0 Å². The summed E-state index contributed by atoms with van der Waals surface area (Å²) in [7, 11) is 0. The van der Waals surface area contributed by atoms with E-state index in [1.165, 1.54) is 0 Å². The van der Waals surface area contributed by atoms with Crippen LogP contribution in [0.4, 0.5) is 0 Å². The molecule has 2 aromatic heterocycles. The average molecular weight is 414 g/mol. The van der Waals surface area contributed by atoms with Gasteiger partial charge >= 0.3 is 5.97 Å². The highest BCUT2D eigenvalue weighted by molar-refractivity contribution is 7.09. The Balaban J connectivity index is 1.39. The largest absolute Gasteiger partial charge is 0.489 e. The van der Waals surface area contributed by atoms with Crippen LogP contribution in [-0.2, 0) is 33.9 Å². The van der Waals surface area contributed by atoms with Gasteiger partial charge in [0, 0.05) is 4.88 Å². The number of aryl methyl sites for hydroxylation is 2. The Morgan fingerprint density at radius 3 is 2.62 bits per heavy atom. The van der Waals surface area contributed by atoms with Crippen molar-refractivity contribution in [1.82, 2.24) is 10.5 Å². The minimum absolute atomic E-state index is 0.0857. The lowest BCUT2D eigenvalue weighted by molar-refractivity contribution is -0.147. The molecule has 3 aromatic rings. The number of benzene rings is 1. The standard InChI is InChI=1S/C21H22N2O5S/c1-14-19(15(2)28-23-14)12-26-17-7-5-16(6-8-17)10-21(25)27-13-20(24)22-11-18-4-3-9-29-18/h3-9H,10-13H2,1-2H3,(H,22,24). The Labute approximate surface area is 172 Å². The van der Waals surface area contributed by atoms with Gasteiger partial charge in [0.25, 0.3) is 5.91 Å². The van der Waals surface area contributed by atoms with Gasteiger partial charge in [0.1, 0.15) is 18.1 Å². The van der Waals surface area contributed by atoms with Gasteiger partial charge in [-0.2, -0.15) is 0 Å². The van der Waals surface area contributed by atoms with Crippen LogP contribution in [0.3, 0.4) is 0 Å². The molecule has 0 spiro atoms. The summed E-state index contributed by atoms with van der Waals surface area (Å²) >= 11 is 1.56. The van der Waals surface area contributed by atoms with E-state index < -0.39 is 5.97 Å². The smallest absolute Gasteiger partial charge is 0.310 e. The van der Waals surface area contributed by atoms with Gasteiger partial charge in [-0.05, 0) is 43.0 Å². The van der Waals surface area contributed by atoms with E-state index in [2.05, 4.69) is 10.5 Å². The molecule has 0 aliphatic heterocycles. The number of esters is 1. The molecule has 0 bridgehead atoms. The van der Waals surface area contributed by atoms with Crippen LogP contribution >= 0.6 is 11.3 Å². The monoisotopic (exact) mass is 414 g/mol. The number of thiophene rings is 1. The summed E-state index contributed by atoms with van der Waals surface area (Å²) in [5.74, 6) is 0.631. The fourth-order valence-corrected chi connectivity index (χ4v) is 3.23. The minimum Gasteiger partial charge on any atom is -0.489 e. The molecule has 0 saturated heterocycles. The fourth-order valence-electron chi connectivity index (χ4n) is 2.58. The first-order valence-electron chi connectivity index (χ1n) is 9.09. The van der Waals surface area contributed by atoms with Gasteiger partial charge in [-0.25, -0.2) is 0 Å². The first-order chi connectivity index (χ1) is 14.0. The van der Waals surface area contributed by atoms with Gasteiger partial charge in [-0.3, -0.25) is 9.59 Å². The van der Waals surface area contributed by atoms with Crippen LogP contribution in [0.1, 0.15) is 27.5 Å². The zero-order valence-corrected chi connectivity index (χ0v) is 17.1. The van der Waals surface area contributed by atoms with Crippen LogP contribution in [0, 0.1) is 13.8 Å². The van der Waals surface area contributed by atoms with Gasteiger partial charge in [0.2, 0.25) is 0 Å². The molecule has 1 N–H and O–H groups in total. The number of nitrogens with zero attached hydrogens (tertiary/aromatic N) is 1. The zero-order chi connectivity index (χ0) is 20.6. The second-order valence-corrected chi connectivity index (χ2v) is 7.46. The van der Waals surface area contributed by atoms with Gasteiger partial charge in [0.15, 0.2) is 6.61 Å². The topological polar surface area (TPSA) is 90.7 Å². The Hall–Kier alpha value is -3.13. The van der Waals surface area contributed by atoms with E-state index in [9.17, 15) is 9.59 Å². The molecule has 1 amide bonds. The van der Waals surface area contributed by atoms with Crippen LogP contribution in [-0.4, -0.2) is 23.6 Å². The third-order valence-corrected chi connectivity index (χ3v) is 5.12. The highest BCUT2D eigenvalue weighted by Crippen LogP contribution is 2.18. The second kappa shape index (κ2) is 9.88. The first kappa shape index (κ1) is 20.6. The van der Waals surface area contributed by atoms with E-state index in [1.807, 2.05) is 31.4 Å². The van der Waals surface area contributed by atoms with E-state index in [0.717, 1.165) is 27.5 Å². The zero-order valence-electron chi connectivity index (χ0n) is 16.3. The molecule has 7 nitrogen and oxygen atoms in total. The van der Waals surface area contributed by atoms with Crippen molar-refractivity contribution >= 4 is 23.2 Å². The van der Waals surface area contributed by atoms with Crippen LogP contribution in [0.15, 0.2) is 46.3 Å². The van der Waals surface area contributed by atoms with Gasteiger partial charge in [0.05, 0.1) is 24.2 Å². The van der Waals surface area contributed by atoms with Crippen molar-refractivity contribution in [2.45, 2.75) is 33.4 Å². The predicted octanol–water partition coefficient (Wildman–Crippen LogP) is 3.33. The summed E-state index contributed by atoms with van der Waals surface area (Å²) in [6.45, 7) is 4.22. The summed E-state index contributed by atoms with van der Waals surface area (Å²) in [4.78, 5) is 24.7. The number of aromatic nitrogens is 1. The number of carbonyl (C=O) groups excluding carboxylic acids is 2. The summed E-state index contributed by atoms with van der Waals surface area (Å²) in [6, 6.07) is 11.0. The lowest BCUT2D eigenvalue weighted by Crippen LogP contribution is -2.28. The maximum Gasteiger partial charge on any atom is 0.310 e. The van der Waals surface area contributed by atoms with Crippen LogP contribution < -0.4 is 10.1 Å². The first-order valence-corrected chi connectivity index (χ1v) is 9.97.